The summed E-state index contributed by atoms with van der Waals surface area (Å²) in [5.74, 6) is 0.753. The first-order chi connectivity index (χ1) is 7.97. The number of halogens is 1. The van der Waals surface area contributed by atoms with Crippen molar-refractivity contribution in [2.24, 2.45) is 0 Å². The van der Waals surface area contributed by atoms with Crippen molar-refractivity contribution in [2.45, 2.75) is 34.1 Å². The molecule has 0 bridgehead atoms. The molecule has 0 saturated carbocycles. The molecule has 0 amide bonds. The lowest BCUT2D eigenvalue weighted by molar-refractivity contribution is 0.537. The molecule has 1 aromatic carbocycles. The van der Waals surface area contributed by atoms with Crippen molar-refractivity contribution in [3.05, 3.63) is 43.8 Å². The third kappa shape index (κ3) is 1.77. The molecule has 0 aliphatic heterocycles. The van der Waals surface area contributed by atoms with Gasteiger partial charge in [-0.3, -0.25) is 4.79 Å². The molecule has 2 rings (SSSR count). The highest BCUT2D eigenvalue weighted by Gasteiger charge is 2.14. The minimum atomic E-state index is 0.0301. The van der Waals surface area contributed by atoms with Crippen molar-refractivity contribution in [2.75, 3.05) is 0 Å². The second kappa shape index (κ2) is 4.19. The van der Waals surface area contributed by atoms with Crippen LogP contribution < -0.4 is 5.43 Å². The molecule has 0 N–H and O–H groups in total. The van der Waals surface area contributed by atoms with Gasteiger partial charge < -0.3 is 4.42 Å². The van der Waals surface area contributed by atoms with Gasteiger partial charge in [-0.25, -0.2) is 0 Å². The van der Waals surface area contributed by atoms with Gasteiger partial charge in [0.2, 0.25) is 0 Å². The van der Waals surface area contributed by atoms with Crippen LogP contribution in [0.1, 0.15) is 29.4 Å². The Hall–Kier alpha value is -1.28. The summed E-state index contributed by atoms with van der Waals surface area (Å²) in [5.41, 5.74) is 3.09. The second-order valence-corrected chi connectivity index (χ2v) is 4.72. The van der Waals surface area contributed by atoms with Crippen LogP contribution in [0.2, 0.25) is 5.02 Å². The van der Waals surface area contributed by atoms with Crippen LogP contribution in [0, 0.1) is 20.8 Å². The number of benzene rings is 1. The van der Waals surface area contributed by atoms with Crippen LogP contribution >= 0.6 is 11.6 Å². The standard InChI is InChI=1S/C14H15ClO2/c1-5-10-8(3)14(16)12-9(4)13(15)7(2)6-11(12)17-10/h6H,5H2,1-4H3. The van der Waals surface area contributed by atoms with E-state index in [1.54, 1.807) is 6.92 Å². The fraction of sp³-hybridized carbons (Fsp3) is 0.357. The smallest absolute Gasteiger partial charge is 0.196 e. The van der Waals surface area contributed by atoms with E-state index in [-0.39, 0.29) is 5.43 Å². The fourth-order valence-corrected chi connectivity index (χ4v) is 2.29. The van der Waals surface area contributed by atoms with E-state index in [0.29, 0.717) is 21.6 Å². The van der Waals surface area contributed by atoms with Gasteiger partial charge in [-0.05, 0) is 38.0 Å². The van der Waals surface area contributed by atoms with Crippen LogP contribution in [0.15, 0.2) is 15.3 Å². The fourth-order valence-electron chi connectivity index (χ4n) is 2.15. The Bertz CT molecular complexity index is 654. The topological polar surface area (TPSA) is 30.2 Å². The summed E-state index contributed by atoms with van der Waals surface area (Å²) in [7, 11) is 0. The molecule has 0 unspecified atom stereocenters. The highest BCUT2D eigenvalue weighted by atomic mass is 35.5. The van der Waals surface area contributed by atoms with E-state index in [9.17, 15) is 4.79 Å². The van der Waals surface area contributed by atoms with Crippen LogP contribution in [-0.2, 0) is 6.42 Å². The molecule has 0 radical (unpaired) electrons. The lowest BCUT2D eigenvalue weighted by Gasteiger charge is -2.09. The molecule has 0 spiro atoms. The molecular formula is C14H15ClO2. The monoisotopic (exact) mass is 250 g/mol. The van der Waals surface area contributed by atoms with Crippen LogP contribution in [0.3, 0.4) is 0 Å². The second-order valence-electron chi connectivity index (χ2n) is 4.34. The Morgan fingerprint density at radius 2 is 1.88 bits per heavy atom. The average Bonchev–Trinajstić information content (AvgIpc) is 2.30. The van der Waals surface area contributed by atoms with E-state index < -0.39 is 0 Å². The number of hydrogen-bond acceptors (Lipinski definition) is 2. The maximum absolute atomic E-state index is 12.3. The molecule has 0 atom stereocenters. The van der Waals surface area contributed by atoms with Gasteiger partial charge in [0.25, 0.3) is 0 Å². The molecule has 1 heterocycles. The molecule has 17 heavy (non-hydrogen) atoms. The van der Waals surface area contributed by atoms with Crippen LogP contribution in [-0.4, -0.2) is 0 Å². The molecule has 0 aliphatic carbocycles. The molecule has 0 fully saturated rings. The van der Waals surface area contributed by atoms with Gasteiger partial charge in [-0.1, -0.05) is 18.5 Å². The largest absolute Gasteiger partial charge is 0.461 e. The van der Waals surface area contributed by atoms with E-state index in [2.05, 4.69) is 0 Å². The zero-order chi connectivity index (χ0) is 12.7. The van der Waals surface area contributed by atoms with Crippen LogP contribution in [0.5, 0.6) is 0 Å². The van der Waals surface area contributed by atoms with E-state index >= 15 is 0 Å². The Morgan fingerprint density at radius 1 is 1.24 bits per heavy atom. The zero-order valence-electron chi connectivity index (χ0n) is 10.5. The third-order valence-corrected chi connectivity index (χ3v) is 3.77. The van der Waals surface area contributed by atoms with Gasteiger partial charge in [0.05, 0.1) is 5.39 Å². The minimum absolute atomic E-state index is 0.0301. The Labute approximate surface area is 105 Å². The summed E-state index contributed by atoms with van der Waals surface area (Å²) in [5, 5.41) is 1.25. The maximum Gasteiger partial charge on any atom is 0.196 e. The van der Waals surface area contributed by atoms with Crippen molar-refractivity contribution in [3.63, 3.8) is 0 Å². The first-order valence-electron chi connectivity index (χ1n) is 5.69. The van der Waals surface area contributed by atoms with Crippen molar-refractivity contribution in [1.82, 2.24) is 0 Å². The highest BCUT2D eigenvalue weighted by Crippen LogP contribution is 2.28. The zero-order valence-corrected chi connectivity index (χ0v) is 11.2. The van der Waals surface area contributed by atoms with Gasteiger partial charge in [0, 0.05) is 17.0 Å². The summed E-state index contributed by atoms with van der Waals surface area (Å²) in [6.45, 7) is 7.56. The number of rotatable bonds is 1. The normalized spacial score (nSPS) is 11.1. The summed E-state index contributed by atoms with van der Waals surface area (Å²) < 4.78 is 5.78. The lowest BCUT2D eigenvalue weighted by atomic mass is 10.0. The van der Waals surface area contributed by atoms with Gasteiger partial charge in [0.1, 0.15) is 11.3 Å². The van der Waals surface area contributed by atoms with E-state index in [0.717, 1.165) is 23.3 Å². The molecule has 0 saturated heterocycles. The number of hydrogen-bond donors (Lipinski definition) is 0. The van der Waals surface area contributed by atoms with Crippen LogP contribution in [0.4, 0.5) is 0 Å². The summed E-state index contributed by atoms with van der Waals surface area (Å²) >= 11 is 6.17. The molecule has 2 nitrogen and oxygen atoms in total. The van der Waals surface area contributed by atoms with Crippen molar-refractivity contribution in [3.8, 4) is 0 Å². The predicted octanol–water partition coefficient (Wildman–Crippen LogP) is 3.93. The Morgan fingerprint density at radius 3 is 2.47 bits per heavy atom. The number of fused-ring (bicyclic) bond motifs is 1. The van der Waals surface area contributed by atoms with Crippen LogP contribution in [0.25, 0.3) is 11.0 Å². The van der Waals surface area contributed by atoms with Gasteiger partial charge in [-0.2, -0.15) is 0 Å². The third-order valence-electron chi connectivity index (χ3n) is 3.18. The van der Waals surface area contributed by atoms with Gasteiger partial charge in [0.15, 0.2) is 5.43 Å². The highest BCUT2D eigenvalue weighted by molar-refractivity contribution is 6.33. The molecule has 2 aromatic rings. The first kappa shape index (κ1) is 12.2. The maximum atomic E-state index is 12.3. The molecule has 0 aliphatic rings. The van der Waals surface area contributed by atoms with E-state index in [1.165, 1.54) is 0 Å². The van der Waals surface area contributed by atoms with Gasteiger partial charge >= 0.3 is 0 Å². The summed E-state index contributed by atoms with van der Waals surface area (Å²) in [6.07, 6.45) is 0.720. The predicted molar refractivity (Wildman–Crippen MR) is 71.1 cm³/mol. The SMILES string of the molecule is CCc1oc2cc(C)c(Cl)c(C)c2c(=O)c1C. The number of aryl methyl sites for hydroxylation is 3. The molecule has 3 heteroatoms. The summed E-state index contributed by atoms with van der Waals surface area (Å²) in [6, 6.07) is 1.84. The van der Waals surface area contributed by atoms with Crippen molar-refractivity contribution in [1.29, 1.82) is 0 Å². The van der Waals surface area contributed by atoms with E-state index in [1.807, 2.05) is 26.8 Å². The average molecular weight is 251 g/mol. The first-order valence-corrected chi connectivity index (χ1v) is 6.07. The molecule has 1 aromatic heterocycles. The Balaban J connectivity index is 3.03. The van der Waals surface area contributed by atoms with Crippen molar-refractivity contribution < 1.29 is 4.42 Å². The van der Waals surface area contributed by atoms with E-state index in [4.69, 9.17) is 16.0 Å². The quantitative estimate of drug-likeness (QED) is 0.768. The lowest BCUT2D eigenvalue weighted by Crippen LogP contribution is -2.10. The summed E-state index contributed by atoms with van der Waals surface area (Å²) in [4.78, 5) is 12.3. The minimum Gasteiger partial charge on any atom is -0.461 e. The Kier molecular flexibility index (Phi) is 3.00. The molecule has 90 valence electrons. The van der Waals surface area contributed by atoms with Crippen molar-refractivity contribution >= 4 is 22.6 Å². The molecular weight excluding hydrogens is 236 g/mol. The van der Waals surface area contributed by atoms with Gasteiger partial charge in [-0.15, -0.1) is 0 Å².